The molecule has 4 rings (SSSR count). The first-order chi connectivity index (χ1) is 15.4. The van der Waals surface area contributed by atoms with Crippen LogP contribution in [0.15, 0.2) is 36.5 Å². The number of fused-ring (bicyclic) bond motifs is 1. The van der Waals surface area contributed by atoms with Crippen LogP contribution in [0.4, 0.5) is 20.2 Å². The van der Waals surface area contributed by atoms with Gasteiger partial charge in [0.1, 0.15) is 11.4 Å². The molecule has 2 aliphatic rings. The summed E-state index contributed by atoms with van der Waals surface area (Å²) in [5.41, 5.74) is 2.88. The number of amides is 2. The molecule has 0 radical (unpaired) electrons. The van der Waals surface area contributed by atoms with Crippen molar-refractivity contribution < 1.29 is 23.1 Å². The topological polar surface area (TPSA) is 86.8 Å². The van der Waals surface area contributed by atoms with E-state index in [-0.39, 0.29) is 5.91 Å². The number of nitrogens with zero attached hydrogens (tertiary/aromatic N) is 3. The van der Waals surface area contributed by atoms with Gasteiger partial charge in [-0.15, -0.1) is 0 Å². The Morgan fingerprint density at radius 1 is 1.25 bits per heavy atom. The number of anilines is 2. The lowest BCUT2D eigenvalue weighted by molar-refractivity contribution is -0.125. The molecule has 1 unspecified atom stereocenters. The van der Waals surface area contributed by atoms with Gasteiger partial charge in [-0.25, -0.2) is 13.8 Å². The Bertz CT molecular complexity index is 978. The van der Waals surface area contributed by atoms with E-state index in [1.807, 2.05) is 18.2 Å². The molecule has 0 spiro atoms. The molecule has 2 N–H and O–H groups in total. The summed E-state index contributed by atoms with van der Waals surface area (Å²) in [6, 6.07) is 9.07. The first-order valence-electron chi connectivity index (χ1n) is 10.5. The number of benzene rings is 1. The van der Waals surface area contributed by atoms with Crippen molar-refractivity contribution in [1.82, 2.24) is 15.2 Å². The number of rotatable bonds is 6. The molecule has 32 heavy (non-hydrogen) atoms. The number of hydrogen-bond acceptors (Lipinski definition) is 6. The fourth-order valence-corrected chi connectivity index (χ4v) is 3.87. The van der Waals surface area contributed by atoms with E-state index < -0.39 is 24.9 Å². The van der Waals surface area contributed by atoms with Gasteiger partial charge in [0.2, 0.25) is 6.43 Å². The summed E-state index contributed by atoms with van der Waals surface area (Å²) in [6.45, 7) is 4.02. The van der Waals surface area contributed by atoms with Gasteiger partial charge in [-0.3, -0.25) is 14.5 Å². The van der Waals surface area contributed by atoms with Crippen molar-refractivity contribution >= 4 is 23.2 Å². The molecule has 1 atom stereocenters. The van der Waals surface area contributed by atoms with Gasteiger partial charge in [0.05, 0.1) is 24.0 Å². The Labute approximate surface area is 184 Å². The molecular formula is C22H25F2N5O3. The SMILES string of the molecule is CNC(=O)c1ccc(N2CCN(Cc3ccc4c(c3)NC(=O)C(CC(F)F)O4)CC2)cn1. The number of aromatic nitrogens is 1. The van der Waals surface area contributed by atoms with Crippen LogP contribution in [0, 0.1) is 0 Å². The number of piperazine rings is 1. The highest BCUT2D eigenvalue weighted by atomic mass is 19.3. The fraction of sp³-hybridized carbons (Fsp3) is 0.409. The molecule has 10 heteroatoms. The third-order valence-corrected chi connectivity index (χ3v) is 5.61. The smallest absolute Gasteiger partial charge is 0.269 e. The van der Waals surface area contributed by atoms with E-state index in [0.29, 0.717) is 23.7 Å². The van der Waals surface area contributed by atoms with Gasteiger partial charge in [0.25, 0.3) is 11.8 Å². The summed E-state index contributed by atoms with van der Waals surface area (Å²) in [5.74, 6) is -0.339. The highest BCUT2D eigenvalue weighted by Gasteiger charge is 2.30. The second-order valence-electron chi connectivity index (χ2n) is 7.80. The highest BCUT2D eigenvalue weighted by molar-refractivity contribution is 5.97. The third-order valence-electron chi connectivity index (χ3n) is 5.61. The molecule has 1 aromatic carbocycles. The van der Waals surface area contributed by atoms with Gasteiger partial charge in [-0.05, 0) is 29.8 Å². The molecule has 0 saturated carbocycles. The van der Waals surface area contributed by atoms with Crippen molar-refractivity contribution in [2.75, 3.05) is 43.4 Å². The molecule has 2 aliphatic heterocycles. The van der Waals surface area contributed by atoms with Crippen LogP contribution >= 0.6 is 0 Å². The highest BCUT2D eigenvalue weighted by Crippen LogP contribution is 2.32. The average Bonchev–Trinajstić information content (AvgIpc) is 2.79. The van der Waals surface area contributed by atoms with E-state index >= 15 is 0 Å². The minimum Gasteiger partial charge on any atom is -0.478 e. The van der Waals surface area contributed by atoms with Gasteiger partial charge >= 0.3 is 0 Å². The van der Waals surface area contributed by atoms with Crippen molar-refractivity contribution in [2.45, 2.75) is 25.5 Å². The maximum atomic E-state index is 12.6. The largest absolute Gasteiger partial charge is 0.478 e. The Balaban J connectivity index is 1.32. The van der Waals surface area contributed by atoms with Gasteiger partial charge in [-0.2, -0.15) is 0 Å². The maximum Gasteiger partial charge on any atom is 0.269 e. The average molecular weight is 445 g/mol. The van der Waals surface area contributed by atoms with Gasteiger partial charge in [0, 0.05) is 39.8 Å². The van der Waals surface area contributed by atoms with Crippen LogP contribution in [0.5, 0.6) is 5.75 Å². The zero-order valence-electron chi connectivity index (χ0n) is 17.7. The van der Waals surface area contributed by atoms with Crippen LogP contribution in [-0.2, 0) is 11.3 Å². The molecule has 1 aromatic heterocycles. The summed E-state index contributed by atoms with van der Waals surface area (Å²) in [5, 5.41) is 5.24. The predicted molar refractivity (Wildman–Crippen MR) is 115 cm³/mol. The van der Waals surface area contributed by atoms with E-state index in [2.05, 4.69) is 25.4 Å². The molecule has 2 aromatic rings. The Hall–Kier alpha value is -3.27. The van der Waals surface area contributed by atoms with E-state index in [9.17, 15) is 18.4 Å². The summed E-state index contributed by atoms with van der Waals surface area (Å²) >= 11 is 0. The van der Waals surface area contributed by atoms with E-state index in [4.69, 9.17) is 4.74 Å². The number of alkyl halides is 2. The molecule has 8 nitrogen and oxygen atoms in total. The molecule has 0 bridgehead atoms. The quantitative estimate of drug-likeness (QED) is 0.709. The van der Waals surface area contributed by atoms with Gasteiger partial charge in [0.15, 0.2) is 6.10 Å². The summed E-state index contributed by atoms with van der Waals surface area (Å²) in [6.07, 6.45) is -2.68. The van der Waals surface area contributed by atoms with E-state index in [1.54, 1.807) is 25.4 Å². The second-order valence-corrected chi connectivity index (χ2v) is 7.80. The minimum absolute atomic E-state index is 0.211. The van der Waals surface area contributed by atoms with Crippen molar-refractivity contribution in [3.8, 4) is 5.75 Å². The summed E-state index contributed by atoms with van der Waals surface area (Å²) < 4.78 is 30.7. The maximum absolute atomic E-state index is 12.6. The van der Waals surface area contributed by atoms with Crippen molar-refractivity contribution in [3.63, 3.8) is 0 Å². The fourth-order valence-electron chi connectivity index (χ4n) is 3.87. The number of ether oxygens (including phenoxy) is 1. The van der Waals surface area contributed by atoms with E-state index in [0.717, 1.165) is 37.4 Å². The van der Waals surface area contributed by atoms with Crippen LogP contribution in [0.3, 0.4) is 0 Å². The van der Waals surface area contributed by atoms with Crippen LogP contribution < -0.4 is 20.3 Å². The molecule has 1 saturated heterocycles. The van der Waals surface area contributed by atoms with Crippen LogP contribution in [0.25, 0.3) is 0 Å². The molecule has 3 heterocycles. The number of carbonyl (C=O) groups excluding carboxylic acids is 2. The van der Waals surface area contributed by atoms with Crippen molar-refractivity contribution in [2.24, 2.45) is 0 Å². The van der Waals surface area contributed by atoms with Crippen LogP contribution in [0.1, 0.15) is 22.5 Å². The number of carbonyl (C=O) groups is 2. The number of halogens is 2. The summed E-state index contributed by atoms with van der Waals surface area (Å²) in [4.78, 5) is 32.4. The van der Waals surface area contributed by atoms with Crippen LogP contribution in [-0.4, -0.2) is 67.5 Å². The second kappa shape index (κ2) is 9.47. The Morgan fingerprint density at radius 2 is 2.03 bits per heavy atom. The minimum atomic E-state index is -2.60. The number of nitrogens with one attached hydrogen (secondary N) is 2. The monoisotopic (exact) mass is 445 g/mol. The lowest BCUT2D eigenvalue weighted by Gasteiger charge is -2.36. The van der Waals surface area contributed by atoms with Crippen molar-refractivity contribution in [1.29, 1.82) is 0 Å². The zero-order chi connectivity index (χ0) is 22.7. The number of hydrogen-bond donors (Lipinski definition) is 2. The lowest BCUT2D eigenvalue weighted by Crippen LogP contribution is -2.46. The first-order valence-corrected chi connectivity index (χ1v) is 10.5. The third kappa shape index (κ3) is 4.96. The zero-order valence-corrected chi connectivity index (χ0v) is 17.7. The molecule has 170 valence electrons. The standard InChI is InChI=1S/C22H25F2N5O3/c1-25-21(30)16-4-3-15(12-26-16)29-8-6-28(7-9-29)13-14-2-5-18-17(10-14)27-22(31)19(32-18)11-20(23)24/h2-5,10,12,19-20H,6-9,11,13H2,1H3,(H,25,30)(H,27,31). The molecular weight excluding hydrogens is 420 g/mol. The predicted octanol–water partition coefficient (Wildman–Crippen LogP) is 2.12. The Morgan fingerprint density at radius 3 is 2.69 bits per heavy atom. The molecule has 1 fully saturated rings. The lowest BCUT2D eigenvalue weighted by atomic mass is 10.1. The van der Waals surface area contributed by atoms with Gasteiger partial charge < -0.3 is 20.3 Å². The van der Waals surface area contributed by atoms with Gasteiger partial charge in [-0.1, -0.05) is 6.07 Å². The van der Waals surface area contributed by atoms with E-state index in [1.165, 1.54) is 0 Å². The Kier molecular flexibility index (Phi) is 6.50. The van der Waals surface area contributed by atoms with Crippen LogP contribution in [0.2, 0.25) is 0 Å². The molecule has 2 amide bonds. The first kappa shape index (κ1) is 21.9. The normalized spacial score (nSPS) is 18.7. The van der Waals surface area contributed by atoms with Crippen molar-refractivity contribution in [3.05, 3.63) is 47.8 Å². The summed E-state index contributed by atoms with van der Waals surface area (Å²) in [7, 11) is 1.57. The molecule has 0 aliphatic carbocycles. The number of pyridine rings is 1.